The minimum atomic E-state index is -1.16. The van der Waals surface area contributed by atoms with Crippen molar-refractivity contribution in [2.75, 3.05) is 4.90 Å². The maximum absolute atomic E-state index is 13.7. The van der Waals surface area contributed by atoms with Gasteiger partial charge < -0.3 is 10.2 Å². The van der Waals surface area contributed by atoms with Gasteiger partial charge in [0.05, 0.1) is 11.6 Å². The van der Waals surface area contributed by atoms with E-state index in [2.05, 4.69) is 0 Å². The Morgan fingerprint density at radius 2 is 1.73 bits per heavy atom. The molecule has 0 fully saturated rings. The second kappa shape index (κ2) is 6.59. The lowest BCUT2D eigenvalue weighted by atomic mass is 9.95. The van der Waals surface area contributed by atoms with Crippen molar-refractivity contribution >= 4 is 17.4 Å². The molecule has 1 unspecified atom stereocenters. The molecule has 2 aromatic rings. The summed E-state index contributed by atoms with van der Waals surface area (Å²) in [5, 5.41) is 19.7. The number of halogens is 2. The topological polar surface area (TPSA) is 77.8 Å². The Labute approximate surface area is 147 Å². The summed E-state index contributed by atoms with van der Waals surface area (Å²) < 4.78 is 26.9. The highest BCUT2D eigenvalue weighted by molar-refractivity contribution is 6.16. The number of hydrogen-bond acceptors (Lipinski definition) is 4. The van der Waals surface area contributed by atoms with E-state index in [0.717, 1.165) is 17.0 Å². The predicted molar refractivity (Wildman–Crippen MR) is 89.6 cm³/mol. The lowest BCUT2D eigenvalue weighted by Gasteiger charge is -2.27. The van der Waals surface area contributed by atoms with Crippen molar-refractivity contribution in [3.8, 4) is 5.75 Å². The third kappa shape index (κ3) is 2.81. The SMILES string of the molecule is CCC(=O)C1=C(O)C(=O)N(c2ccc(F)c(F)c2)C1c1ccc(O)cc1. The Kier molecular flexibility index (Phi) is 4.46. The first-order valence-corrected chi connectivity index (χ1v) is 7.89. The number of hydrogen-bond donors (Lipinski definition) is 2. The summed E-state index contributed by atoms with van der Waals surface area (Å²) >= 11 is 0. The van der Waals surface area contributed by atoms with Gasteiger partial charge in [0.2, 0.25) is 0 Å². The lowest BCUT2D eigenvalue weighted by molar-refractivity contribution is -0.118. The van der Waals surface area contributed by atoms with E-state index in [1.54, 1.807) is 6.92 Å². The minimum absolute atomic E-state index is 0.00238. The molecule has 0 radical (unpaired) electrons. The van der Waals surface area contributed by atoms with Gasteiger partial charge in [0.1, 0.15) is 5.75 Å². The molecule has 1 aliphatic heterocycles. The molecule has 1 atom stereocenters. The summed E-state index contributed by atoms with van der Waals surface area (Å²) in [6.07, 6.45) is 0.0485. The number of phenols is 1. The van der Waals surface area contributed by atoms with Gasteiger partial charge >= 0.3 is 0 Å². The maximum atomic E-state index is 13.7. The molecule has 0 saturated heterocycles. The van der Waals surface area contributed by atoms with Crippen LogP contribution >= 0.6 is 0 Å². The highest BCUT2D eigenvalue weighted by Gasteiger charge is 2.44. The highest BCUT2D eigenvalue weighted by Crippen LogP contribution is 2.41. The average molecular weight is 359 g/mol. The monoisotopic (exact) mass is 359 g/mol. The van der Waals surface area contributed by atoms with Crippen LogP contribution in [-0.4, -0.2) is 21.9 Å². The molecule has 26 heavy (non-hydrogen) atoms. The minimum Gasteiger partial charge on any atom is -0.508 e. The van der Waals surface area contributed by atoms with Crippen LogP contribution in [0.4, 0.5) is 14.5 Å². The number of nitrogens with zero attached hydrogens (tertiary/aromatic N) is 1. The summed E-state index contributed by atoms with van der Waals surface area (Å²) in [5.74, 6) is -4.31. The number of amides is 1. The van der Waals surface area contributed by atoms with E-state index in [4.69, 9.17) is 0 Å². The summed E-state index contributed by atoms with van der Waals surface area (Å²) in [7, 11) is 0. The average Bonchev–Trinajstić information content (AvgIpc) is 2.89. The van der Waals surface area contributed by atoms with E-state index < -0.39 is 35.1 Å². The Morgan fingerprint density at radius 1 is 1.08 bits per heavy atom. The lowest BCUT2D eigenvalue weighted by Crippen LogP contribution is -2.31. The number of benzene rings is 2. The van der Waals surface area contributed by atoms with Crippen molar-refractivity contribution < 1.29 is 28.6 Å². The highest BCUT2D eigenvalue weighted by atomic mass is 19.2. The van der Waals surface area contributed by atoms with Crippen LogP contribution in [0.15, 0.2) is 53.8 Å². The second-order valence-electron chi connectivity index (χ2n) is 5.81. The van der Waals surface area contributed by atoms with Gasteiger partial charge in [0.15, 0.2) is 23.2 Å². The Morgan fingerprint density at radius 3 is 2.31 bits per heavy atom. The maximum Gasteiger partial charge on any atom is 0.294 e. The standard InChI is InChI=1S/C19H15F2NO4/c1-2-15(24)16-17(10-3-6-12(23)7-4-10)22(19(26)18(16)25)11-5-8-13(20)14(21)9-11/h3-9,17,23,25H,2H2,1H3. The molecule has 1 amide bonds. The number of anilines is 1. The van der Waals surface area contributed by atoms with E-state index >= 15 is 0 Å². The van der Waals surface area contributed by atoms with Gasteiger partial charge in [-0.25, -0.2) is 8.78 Å². The van der Waals surface area contributed by atoms with Gasteiger partial charge in [0.25, 0.3) is 5.91 Å². The molecule has 2 N–H and O–H groups in total. The normalized spacial score (nSPS) is 17.1. The third-order valence-corrected chi connectivity index (χ3v) is 4.22. The number of phenolic OH excluding ortho intramolecular Hbond substituents is 1. The van der Waals surface area contributed by atoms with Crippen molar-refractivity contribution in [1.82, 2.24) is 0 Å². The van der Waals surface area contributed by atoms with Crippen LogP contribution in [0.5, 0.6) is 5.75 Å². The van der Waals surface area contributed by atoms with Gasteiger partial charge in [-0.3, -0.25) is 14.5 Å². The molecule has 7 heteroatoms. The first kappa shape index (κ1) is 17.6. The zero-order valence-corrected chi connectivity index (χ0v) is 13.7. The molecule has 0 bridgehead atoms. The van der Waals surface area contributed by atoms with Crippen LogP contribution in [0, 0.1) is 11.6 Å². The van der Waals surface area contributed by atoms with E-state index in [9.17, 15) is 28.6 Å². The van der Waals surface area contributed by atoms with Crippen LogP contribution in [0.3, 0.4) is 0 Å². The summed E-state index contributed by atoms with van der Waals surface area (Å²) in [4.78, 5) is 26.0. The zero-order valence-electron chi connectivity index (χ0n) is 13.7. The van der Waals surface area contributed by atoms with Gasteiger partial charge in [-0.1, -0.05) is 19.1 Å². The fourth-order valence-electron chi connectivity index (χ4n) is 2.95. The van der Waals surface area contributed by atoms with Crippen molar-refractivity contribution in [2.24, 2.45) is 0 Å². The van der Waals surface area contributed by atoms with Crippen LogP contribution in [0.2, 0.25) is 0 Å². The molecule has 0 spiro atoms. The van der Waals surface area contributed by atoms with Crippen molar-refractivity contribution in [1.29, 1.82) is 0 Å². The molecule has 1 aliphatic rings. The Balaban J connectivity index is 2.18. The second-order valence-corrected chi connectivity index (χ2v) is 5.81. The van der Waals surface area contributed by atoms with E-state index in [0.29, 0.717) is 5.56 Å². The fourth-order valence-corrected chi connectivity index (χ4v) is 2.95. The molecule has 2 aromatic carbocycles. The first-order chi connectivity index (χ1) is 12.3. The number of rotatable bonds is 4. The molecular formula is C19H15F2NO4. The molecule has 3 rings (SSSR count). The van der Waals surface area contributed by atoms with Crippen molar-refractivity contribution in [3.05, 3.63) is 71.0 Å². The van der Waals surface area contributed by atoms with Gasteiger partial charge in [-0.2, -0.15) is 0 Å². The van der Waals surface area contributed by atoms with Gasteiger partial charge in [-0.05, 0) is 29.8 Å². The smallest absolute Gasteiger partial charge is 0.294 e. The van der Waals surface area contributed by atoms with Crippen LogP contribution in [-0.2, 0) is 9.59 Å². The summed E-state index contributed by atoms with van der Waals surface area (Å²) in [6, 6.07) is 7.58. The number of aliphatic hydroxyl groups is 1. The zero-order chi connectivity index (χ0) is 19.0. The van der Waals surface area contributed by atoms with Gasteiger partial charge in [0, 0.05) is 18.2 Å². The Hall–Kier alpha value is -3.22. The van der Waals surface area contributed by atoms with E-state index in [1.165, 1.54) is 30.3 Å². The van der Waals surface area contributed by atoms with Crippen LogP contribution in [0.25, 0.3) is 0 Å². The number of aliphatic hydroxyl groups excluding tert-OH is 1. The first-order valence-electron chi connectivity index (χ1n) is 7.89. The molecule has 134 valence electrons. The van der Waals surface area contributed by atoms with E-state index in [1.807, 2.05) is 0 Å². The summed E-state index contributed by atoms with van der Waals surface area (Å²) in [6.45, 7) is 1.58. The number of carbonyl (C=O) groups excluding carboxylic acids is 2. The molecule has 0 saturated carbocycles. The fraction of sp³-hybridized carbons (Fsp3) is 0.158. The number of Topliss-reactive ketones (excluding diaryl/α,β-unsaturated/α-hetero) is 1. The quantitative estimate of drug-likeness (QED) is 0.875. The largest absolute Gasteiger partial charge is 0.508 e. The van der Waals surface area contributed by atoms with Gasteiger partial charge in [-0.15, -0.1) is 0 Å². The summed E-state index contributed by atoms with van der Waals surface area (Å²) in [5.41, 5.74) is 0.312. The predicted octanol–water partition coefficient (Wildman–Crippen LogP) is 3.55. The van der Waals surface area contributed by atoms with E-state index in [-0.39, 0.29) is 23.4 Å². The van der Waals surface area contributed by atoms with Crippen molar-refractivity contribution in [2.45, 2.75) is 19.4 Å². The third-order valence-electron chi connectivity index (χ3n) is 4.22. The van der Waals surface area contributed by atoms with Crippen LogP contribution in [0.1, 0.15) is 24.9 Å². The number of carbonyl (C=O) groups is 2. The van der Waals surface area contributed by atoms with Crippen LogP contribution < -0.4 is 4.90 Å². The molecule has 0 aromatic heterocycles. The number of aromatic hydroxyl groups is 1. The molecular weight excluding hydrogens is 344 g/mol. The molecule has 1 heterocycles. The molecule has 0 aliphatic carbocycles. The van der Waals surface area contributed by atoms with Crippen molar-refractivity contribution in [3.63, 3.8) is 0 Å². The number of ketones is 1. The molecule has 5 nitrogen and oxygen atoms in total. The Bertz CT molecular complexity index is 922.